The number of nitrogen functional groups attached to an aromatic ring is 1. The first kappa shape index (κ1) is 14.8. The Balaban J connectivity index is 1.54. The van der Waals surface area contributed by atoms with E-state index >= 15 is 0 Å². The molecule has 0 aromatic heterocycles. The molecule has 22 heavy (non-hydrogen) atoms. The lowest BCUT2D eigenvalue weighted by Crippen LogP contribution is -2.41. The lowest BCUT2D eigenvalue weighted by Gasteiger charge is -2.27. The van der Waals surface area contributed by atoms with E-state index in [-0.39, 0.29) is 6.10 Å². The van der Waals surface area contributed by atoms with Crippen LogP contribution in [-0.2, 0) is 9.47 Å². The van der Waals surface area contributed by atoms with Crippen molar-refractivity contribution in [3.8, 4) is 0 Å². The Labute approximate surface area is 129 Å². The van der Waals surface area contributed by atoms with E-state index in [0.29, 0.717) is 12.2 Å². The molecule has 0 radical (unpaired) electrons. The summed E-state index contributed by atoms with van der Waals surface area (Å²) in [5.74, 6) is 0. The van der Waals surface area contributed by atoms with Gasteiger partial charge in [0.1, 0.15) is 6.10 Å². The number of carbonyl (C=O) groups excluding carboxylic acids is 1. The molecule has 2 N–H and O–H groups in total. The van der Waals surface area contributed by atoms with Crippen molar-refractivity contribution in [1.29, 1.82) is 0 Å². The summed E-state index contributed by atoms with van der Waals surface area (Å²) in [6, 6.07) is 7.30. The molecule has 1 unspecified atom stereocenters. The summed E-state index contributed by atoms with van der Waals surface area (Å²) in [5.41, 5.74) is 7.22. The van der Waals surface area contributed by atoms with Crippen LogP contribution < -0.4 is 5.73 Å². The number of nitrogens with two attached hydrogens (primary N) is 1. The zero-order valence-corrected chi connectivity index (χ0v) is 12.4. The predicted molar refractivity (Wildman–Crippen MR) is 82.7 cm³/mol. The van der Waals surface area contributed by atoms with Gasteiger partial charge in [-0.05, 0) is 17.7 Å². The molecular formula is C15H20N4O3. The molecule has 2 aliphatic rings. The molecule has 0 bridgehead atoms. The average Bonchev–Trinajstić information content (AvgIpc) is 2.87. The summed E-state index contributed by atoms with van der Waals surface area (Å²) >= 11 is 0. The van der Waals surface area contributed by atoms with Crippen molar-refractivity contribution in [1.82, 2.24) is 9.91 Å². The molecule has 7 heteroatoms. The van der Waals surface area contributed by atoms with Gasteiger partial charge in [0, 0.05) is 25.3 Å². The number of cyclic esters (lactones) is 1. The maximum Gasteiger partial charge on any atom is 0.430 e. The minimum absolute atomic E-state index is 0.144. The number of amides is 1. The predicted octanol–water partition coefficient (Wildman–Crippen LogP) is 0.756. The average molecular weight is 304 g/mol. The second-order valence-corrected chi connectivity index (χ2v) is 5.41. The number of rotatable bonds is 4. The number of nitrogens with zero attached hydrogens (tertiary/aromatic N) is 3. The Bertz CT molecular complexity index is 540. The van der Waals surface area contributed by atoms with Gasteiger partial charge < -0.3 is 15.2 Å². The summed E-state index contributed by atoms with van der Waals surface area (Å²) in [6.45, 7) is 4.43. The molecule has 1 aromatic carbocycles. The van der Waals surface area contributed by atoms with E-state index < -0.39 is 6.09 Å². The fourth-order valence-electron chi connectivity index (χ4n) is 2.49. The molecule has 1 amide bonds. The Morgan fingerprint density at radius 3 is 2.73 bits per heavy atom. The number of hydrogen-bond donors (Lipinski definition) is 1. The van der Waals surface area contributed by atoms with E-state index in [9.17, 15) is 4.79 Å². The second-order valence-electron chi connectivity index (χ2n) is 5.41. The molecule has 0 spiro atoms. The van der Waals surface area contributed by atoms with Gasteiger partial charge in [-0.1, -0.05) is 12.1 Å². The Hall–Kier alpha value is -2.12. The first-order chi connectivity index (χ1) is 10.7. The van der Waals surface area contributed by atoms with Gasteiger partial charge in [-0.3, -0.25) is 4.90 Å². The highest BCUT2D eigenvalue weighted by atomic mass is 16.6. The summed E-state index contributed by atoms with van der Waals surface area (Å²) in [5, 5.41) is 5.56. The fourth-order valence-corrected chi connectivity index (χ4v) is 2.49. The van der Waals surface area contributed by atoms with Crippen molar-refractivity contribution in [2.45, 2.75) is 6.10 Å². The van der Waals surface area contributed by atoms with Crippen molar-refractivity contribution in [3.63, 3.8) is 0 Å². The van der Waals surface area contributed by atoms with Gasteiger partial charge in [-0.2, -0.15) is 10.1 Å². The molecule has 2 fully saturated rings. The third-order valence-electron chi connectivity index (χ3n) is 3.70. The molecule has 0 saturated carbocycles. The number of morpholine rings is 1. The van der Waals surface area contributed by atoms with Crippen LogP contribution in [0.25, 0.3) is 0 Å². The van der Waals surface area contributed by atoms with Gasteiger partial charge in [0.25, 0.3) is 0 Å². The van der Waals surface area contributed by atoms with Crippen molar-refractivity contribution in [2.75, 3.05) is 45.1 Å². The molecule has 3 rings (SSSR count). The normalized spacial score (nSPS) is 23.2. The van der Waals surface area contributed by atoms with Gasteiger partial charge in [0.15, 0.2) is 0 Å². The number of benzene rings is 1. The van der Waals surface area contributed by atoms with Crippen LogP contribution in [0.15, 0.2) is 29.4 Å². The summed E-state index contributed by atoms with van der Waals surface area (Å²) in [7, 11) is 0. The first-order valence-corrected chi connectivity index (χ1v) is 7.38. The van der Waals surface area contributed by atoms with Crippen LogP contribution in [0.3, 0.4) is 0 Å². The van der Waals surface area contributed by atoms with Gasteiger partial charge in [-0.25, -0.2) is 4.79 Å². The minimum atomic E-state index is -0.398. The van der Waals surface area contributed by atoms with Gasteiger partial charge in [0.05, 0.1) is 26.0 Å². The first-order valence-electron chi connectivity index (χ1n) is 7.38. The fraction of sp³-hybridized carbons (Fsp3) is 0.467. The van der Waals surface area contributed by atoms with Crippen molar-refractivity contribution < 1.29 is 14.3 Å². The van der Waals surface area contributed by atoms with Crippen LogP contribution in [0.1, 0.15) is 5.56 Å². The zero-order valence-electron chi connectivity index (χ0n) is 12.4. The summed E-state index contributed by atoms with van der Waals surface area (Å²) in [6.07, 6.45) is 1.09. The van der Waals surface area contributed by atoms with Crippen LogP contribution in [0, 0.1) is 0 Å². The Morgan fingerprint density at radius 1 is 1.27 bits per heavy atom. The van der Waals surface area contributed by atoms with E-state index in [1.807, 2.05) is 12.1 Å². The number of anilines is 1. The van der Waals surface area contributed by atoms with E-state index in [0.717, 1.165) is 38.4 Å². The maximum atomic E-state index is 11.8. The number of ether oxygens (including phenoxy) is 2. The van der Waals surface area contributed by atoms with Crippen LogP contribution >= 0.6 is 0 Å². The SMILES string of the molecule is Nc1ccc(/C=N\N2CC(CN3CCOCC3)OC2=O)cc1. The van der Waals surface area contributed by atoms with Crippen molar-refractivity contribution in [2.24, 2.45) is 5.10 Å². The molecule has 2 heterocycles. The number of carbonyl (C=O) groups is 1. The standard InChI is InChI=1S/C15H20N4O3/c16-13-3-1-12(2-4-13)9-17-19-11-14(22-15(19)20)10-18-5-7-21-8-6-18/h1-4,9,14H,5-8,10-11,16H2/b17-9-. The summed E-state index contributed by atoms with van der Waals surface area (Å²) < 4.78 is 10.7. The lowest BCUT2D eigenvalue weighted by molar-refractivity contribution is 0.0188. The van der Waals surface area contributed by atoms with Gasteiger partial charge in [0.2, 0.25) is 0 Å². The van der Waals surface area contributed by atoms with Crippen LogP contribution in [0.5, 0.6) is 0 Å². The molecule has 2 aliphatic heterocycles. The van der Waals surface area contributed by atoms with Crippen molar-refractivity contribution in [3.05, 3.63) is 29.8 Å². The van der Waals surface area contributed by atoms with Gasteiger partial charge >= 0.3 is 6.09 Å². The zero-order chi connectivity index (χ0) is 15.4. The minimum Gasteiger partial charge on any atom is -0.441 e. The topological polar surface area (TPSA) is 80.4 Å². The second kappa shape index (κ2) is 6.76. The number of hydrogen-bond acceptors (Lipinski definition) is 6. The maximum absolute atomic E-state index is 11.8. The molecular weight excluding hydrogens is 284 g/mol. The largest absolute Gasteiger partial charge is 0.441 e. The number of hydrazone groups is 1. The van der Waals surface area contributed by atoms with E-state index in [4.69, 9.17) is 15.2 Å². The molecule has 1 atom stereocenters. The summed E-state index contributed by atoms with van der Waals surface area (Å²) in [4.78, 5) is 14.1. The Morgan fingerprint density at radius 2 is 2.00 bits per heavy atom. The molecule has 7 nitrogen and oxygen atoms in total. The Kier molecular flexibility index (Phi) is 4.55. The van der Waals surface area contributed by atoms with Crippen LogP contribution in [0.4, 0.5) is 10.5 Å². The third-order valence-corrected chi connectivity index (χ3v) is 3.70. The molecule has 118 valence electrons. The third kappa shape index (κ3) is 3.75. The molecule has 1 aromatic rings. The highest BCUT2D eigenvalue weighted by Gasteiger charge is 2.32. The van der Waals surface area contributed by atoms with E-state index in [2.05, 4.69) is 10.0 Å². The monoisotopic (exact) mass is 304 g/mol. The quantitative estimate of drug-likeness (QED) is 0.656. The molecule has 2 saturated heterocycles. The smallest absolute Gasteiger partial charge is 0.430 e. The lowest BCUT2D eigenvalue weighted by atomic mass is 10.2. The van der Waals surface area contributed by atoms with Crippen LogP contribution in [0.2, 0.25) is 0 Å². The van der Waals surface area contributed by atoms with E-state index in [1.165, 1.54) is 5.01 Å². The highest BCUT2D eigenvalue weighted by Crippen LogP contribution is 2.14. The van der Waals surface area contributed by atoms with E-state index in [1.54, 1.807) is 18.3 Å². The van der Waals surface area contributed by atoms with Crippen molar-refractivity contribution >= 4 is 18.0 Å². The van der Waals surface area contributed by atoms with Crippen LogP contribution in [-0.4, -0.2) is 67.7 Å². The van der Waals surface area contributed by atoms with Gasteiger partial charge in [-0.15, -0.1) is 0 Å². The highest BCUT2D eigenvalue weighted by molar-refractivity contribution is 5.81. The molecule has 0 aliphatic carbocycles.